The zero-order chi connectivity index (χ0) is 32.2. The average molecular weight is 596 g/mol. The van der Waals surface area contributed by atoms with Crippen LogP contribution in [0, 0.1) is 19.8 Å². The number of alkyl carbamates (subject to hydrolysis) is 1. The van der Waals surface area contributed by atoms with Gasteiger partial charge >= 0.3 is 6.09 Å². The summed E-state index contributed by atoms with van der Waals surface area (Å²) in [5, 5.41) is 16.1. The Morgan fingerprint density at radius 2 is 1.58 bits per heavy atom. The van der Waals surface area contributed by atoms with Crippen molar-refractivity contribution in [1.29, 1.82) is 0 Å². The maximum atomic E-state index is 14.5. The molecule has 0 fully saturated rings. The van der Waals surface area contributed by atoms with Gasteiger partial charge in [-0.3, -0.25) is 9.59 Å². The van der Waals surface area contributed by atoms with E-state index in [1.165, 1.54) is 0 Å². The quantitative estimate of drug-likeness (QED) is 0.182. The molecule has 8 heteroatoms. The van der Waals surface area contributed by atoms with Gasteiger partial charge in [0.1, 0.15) is 23.4 Å². The van der Waals surface area contributed by atoms with E-state index < -0.39 is 23.8 Å². The summed E-state index contributed by atoms with van der Waals surface area (Å²) in [6.07, 6.45) is 6.04. The highest BCUT2D eigenvalue weighted by Gasteiger charge is 2.38. The van der Waals surface area contributed by atoms with E-state index in [1.54, 1.807) is 50.8 Å². The van der Waals surface area contributed by atoms with Crippen molar-refractivity contribution in [3.63, 3.8) is 0 Å². The highest BCUT2D eigenvalue weighted by molar-refractivity contribution is 5.99. The van der Waals surface area contributed by atoms with Crippen molar-refractivity contribution < 1.29 is 24.2 Å². The number of aryl methyl sites for hydroxylation is 2. The number of ether oxygens (including phenoxy) is 1. The van der Waals surface area contributed by atoms with E-state index in [1.807, 2.05) is 45.0 Å². The number of rotatable bonds is 15. The molecule has 3 unspecified atom stereocenters. The molecule has 2 rings (SSSR count). The second-order valence-electron chi connectivity index (χ2n) is 12.6. The third-order valence-corrected chi connectivity index (χ3v) is 7.69. The predicted molar refractivity (Wildman–Crippen MR) is 173 cm³/mol. The number of hydrogen-bond donors (Lipinski definition) is 3. The van der Waals surface area contributed by atoms with E-state index in [0.717, 1.165) is 37.7 Å². The highest BCUT2D eigenvalue weighted by Crippen LogP contribution is 2.30. The minimum absolute atomic E-state index is 0.111. The second-order valence-corrected chi connectivity index (χ2v) is 12.6. The molecule has 0 aliphatic heterocycles. The Morgan fingerprint density at radius 3 is 2.19 bits per heavy atom. The number of carbonyl (C=O) groups excluding carboxylic acids is 3. The molecule has 8 nitrogen and oxygen atoms in total. The number of amides is 3. The molecule has 0 spiro atoms. The van der Waals surface area contributed by atoms with Gasteiger partial charge < -0.3 is 25.4 Å². The summed E-state index contributed by atoms with van der Waals surface area (Å²) in [7, 11) is 0. The van der Waals surface area contributed by atoms with Crippen LogP contribution in [0.4, 0.5) is 10.5 Å². The van der Waals surface area contributed by atoms with Crippen molar-refractivity contribution in [3.8, 4) is 5.75 Å². The first-order valence-electron chi connectivity index (χ1n) is 15.7. The molecule has 0 aliphatic rings. The number of hydrogen-bond acceptors (Lipinski definition) is 5. The maximum Gasteiger partial charge on any atom is 0.408 e. The Labute approximate surface area is 258 Å². The lowest BCUT2D eigenvalue weighted by Gasteiger charge is -2.36. The summed E-state index contributed by atoms with van der Waals surface area (Å²) >= 11 is 0. The molecular weight excluding hydrogens is 542 g/mol. The summed E-state index contributed by atoms with van der Waals surface area (Å²) in [6.45, 7) is 15.4. The van der Waals surface area contributed by atoms with Crippen molar-refractivity contribution in [1.82, 2.24) is 10.2 Å². The van der Waals surface area contributed by atoms with Crippen molar-refractivity contribution >= 4 is 23.6 Å². The summed E-state index contributed by atoms with van der Waals surface area (Å²) in [5.41, 5.74) is 2.01. The van der Waals surface area contributed by atoms with Crippen LogP contribution >= 0.6 is 0 Å². The highest BCUT2D eigenvalue weighted by atomic mass is 16.6. The number of para-hydroxylation sites is 1. The van der Waals surface area contributed by atoms with E-state index in [2.05, 4.69) is 17.6 Å². The first-order chi connectivity index (χ1) is 20.3. The van der Waals surface area contributed by atoms with E-state index in [9.17, 15) is 19.5 Å². The van der Waals surface area contributed by atoms with Gasteiger partial charge in [0.2, 0.25) is 5.91 Å². The molecule has 0 aliphatic carbocycles. The predicted octanol–water partition coefficient (Wildman–Crippen LogP) is 7.82. The Hall–Kier alpha value is -3.55. The van der Waals surface area contributed by atoms with Gasteiger partial charge in [0.15, 0.2) is 0 Å². The van der Waals surface area contributed by atoms with E-state index in [4.69, 9.17) is 4.74 Å². The Kier molecular flexibility index (Phi) is 14.0. The summed E-state index contributed by atoms with van der Waals surface area (Å²) in [6, 6.07) is 10.6. The Balaban J connectivity index is 2.57. The lowest BCUT2D eigenvalue weighted by molar-refractivity contribution is -0.142. The van der Waals surface area contributed by atoms with Crippen molar-refractivity contribution in [2.75, 3.05) is 11.9 Å². The van der Waals surface area contributed by atoms with Crippen LogP contribution < -0.4 is 10.6 Å². The lowest BCUT2D eigenvalue weighted by atomic mass is 9.94. The third kappa shape index (κ3) is 11.2. The fourth-order valence-electron chi connectivity index (χ4n) is 4.96. The van der Waals surface area contributed by atoms with E-state index in [0.29, 0.717) is 36.2 Å². The van der Waals surface area contributed by atoms with Crippen LogP contribution in [0.1, 0.15) is 109 Å². The van der Waals surface area contributed by atoms with Gasteiger partial charge in [-0.25, -0.2) is 4.79 Å². The Bertz CT molecular complexity index is 1210. The van der Waals surface area contributed by atoms with Gasteiger partial charge in [-0.05, 0) is 81.8 Å². The molecular formula is C35H53N3O5. The lowest BCUT2D eigenvalue weighted by Crippen LogP contribution is -2.55. The summed E-state index contributed by atoms with van der Waals surface area (Å²) < 4.78 is 5.51. The fourth-order valence-corrected chi connectivity index (χ4v) is 4.96. The maximum absolute atomic E-state index is 14.5. The number of carbonyl (C=O) groups is 3. The first kappa shape index (κ1) is 35.6. The third-order valence-electron chi connectivity index (χ3n) is 7.69. The van der Waals surface area contributed by atoms with Gasteiger partial charge in [0.25, 0.3) is 5.91 Å². The zero-order valence-electron chi connectivity index (χ0n) is 27.5. The van der Waals surface area contributed by atoms with Crippen molar-refractivity contribution in [2.45, 2.75) is 118 Å². The molecule has 2 aromatic carbocycles. The molecule has 2 aromatic rings. The normalized spacial score (nSPS) is 13.5. The number of anilines is 1. The van der Waals surface area contributed by atoms with Gasteiger partial charge in [-0.1, -0.05) is 83.6 Å². The monoisotopic (exact) mass is 595 g/mol. The molecule has 0 heterocycles. The smallest absolute Gasteiger partial charge is 0.408 e. The largest absolute Gasteiger partial charge is 0.508 e. The average Bonchev–Trinajstić information content (AvgIpc) is 2.94. The first-order valence-corrected chi connectivity index (χ1v) is 15.7. The molecule has 0 radical (unpaired) electrons. The van der Waals surface area contributed by atoms with Crippen molar-refractivity contribution in [2.24, 2.45) is 5.92 Å². The molecule has 0 aromatic heterocycles. The second kappa shape index (κ2) is 16.9. The van der Waals surface area contributed by atoms with Gasteiger partial charge in [-0.15, -0.1) is 0 Å². The number of nitrogens with zero attached hydrogens (tertiary/aromatic N) is 1. The van der Waals surface area contributed by atoms with Crippen LogP contribution in [0.15, 0.2) is 42.5 Å². The standard InChI is InChI=1S/C35H53N3O5/c1-9-11-12-13-14-17-22-38(33(41)30(24(3)10-2)37-34(42)43-35(6,7)8)31(27-20-21-29(39)26(5)23-27)32(40)36-28-19-16-15-18-25(28)4/h15-16,18-21,23-24,30-31,39H,9-14,17,22H2,1-8H3,(H,36,40)(H,37,42). The van der Waals surface area contributed by atoms with Crippen LogP contribution in [0.3, 0.4) is 0 Å². The molecule has 3 amide bonds. The molecule has 3 atom stereocenters. The topological polar surface area (TPSA) is 108 Å². The number of benzene rings is 2. The van der Waals surface area contributed by atoms with E-state index in [-0.39, 0.29) is 23.5 Å². The SMILES string of the molecule is CCCCCCCCN(C(=O)C(NC(=O)OC(C)(C)C)C(C)CC)C(C(=O)Nc1ccccc1C)c1ccc(O)c(C)c1. The van der Waals surface area contributed by atoms with Crippen LogP contribution in [0.5, 0.6) is 5.75 Å². The number of phenolic OH excluding ortho intramolecular Hbond substituents is 1. The van der Waals surface area contributed by atoms with Crippen LogP contribution in [0.25, 0.3) is 0 Å². The fraction of sp³-hybridized carbons (Fsp3) is 0.571. The van der Waals surface area contributed by atoms with Crippen LogP contribution in [-0.2, 0) is 14.3 Å². The molecule has 238 valence electrons. The zero-order valence-corrected chi connectivity index (χ0v) is 27.5. The van der Waals surface area contributed by atoms with Gasteiger partial charge in [0.05, 0.1) is 0 Å². The molecule has 43 heavy (non-hydrogen) atoms. The molecule has 0 saturated heterocycles. The molecule has 3 N–H and O–H groups in total. The van der Waals surface area contributed by atoms with Gasteiger partial charge in [0, 0.05) is 12.2 Å². The number of phenols is 1. The summed E-state index contributed by atoms with van der Waals surface area (Å²) in [4.78, 5) is 43.2. The van der Waals surface area contributed by atoms with Crippen molar-refractivity contribution in [3.05, 3.63) is 59.2 Å². The number of unbranched alkanes of at least 4 members (excludes halogenated alkanes) is 5. The minimum atomic E-state index is -0.992. The number of nitrogens with one attached hydrogen (secondary N) is 2. The van der Waals surface area contributed by atoms with Gasteiger partial charge in [-0.2, -0.15) is 0 Å². The molecule has 0 saturated carbocycles. The number of aromatic hydroxyl groups is 1. The van der Waals surface area contributed by atoms with E-state index >= 15 is 0 Å². The minimum Gasteiger partial charge on any atom is -0.508 e. The molecule has 0 bridgehead atoms. The van der Waals surface area contributed by atoms with Crippen LogP contribution in [-0.4, -0.2) is 46.1 Å². The van der Waals surface area contributed by atoms with Crippen LogP contribution in [0.2, 0.25) is 0 Å². The Morgan fingerprint density at radius 1 is 0.930 bits per heavy atom. The summed E-state index contributed by atoms with van der Waals surface area (Å²) in [5.74, 6) is -0.809.